The van der Waals surface area contributed by atoms with E-state index in [1.165, 1.54) is 0 Å². The molecule has 0 spiro atoms. The molecule has 0 amide bonds. The van der Waals surface area contributed by atoms with Crippen molar-refractivity contribution in [1.29, 1.82) is 0 Å². The summed E-state index contributed by atoms with van der Waals surface area (Å²) in [6.45, 7) is 1.93. The monoisotopic (exact) mass is 239 g/mol. The second-order valence-corrected chi connectivity index (χ2v) is 4.42. The fraction of sp³-hybridized carbons (Fsp3) is 0.188. The summed E-state index contributed by atoms with van der Waals surface area (Å²) in [4.78, 5) is 11.3. The number of rotatable bonds is 4. The summed E-state index contributed by atoms with van der Waals surface area (Å²) in [5.41, 5.74) is 2.83. The number of aliphatic carboxylic acids is 1. The van der Waals surface area contributed by atoms with Gasteiger partial charge in [0, 0.05) is 11.9 Å². The Morgan fingerprint density at radius 2 is 1.67 bits per heavy atom. The van der Waals surface area contributed by atoms with Crippen molar-refractivity contribution in [2.45, 2.75) is 19.3 Å². The molecule has 0 aromatic heterocycles. The van der Waals surface area contributed by atoms with Crippen LogP contribution in [-0.4, -0.2) is 5.97 Å². The van der Waals surface area contributed by atoms with Gasteiger partial charge in [0.25, 0.3) is 0 Å². The highest BCUT2D eigenvalue weighted by molar-refractivity contribution is 5.75. The van der Waals surface area contributed by atoms with Crippen LogP contribution in [0.4, 0.5) is 0 Å². The van der Waals surface area contributed by atoms with Gasteiger partial charge in [0.15, 0.2) is 0 Å². The Kier molecular flexibility index (Phi) is 3.78. The first kappa shape index (κ1) is 12.4. The number of hydrogen-bond donors (Lipinski definition) is 0. The molecule has 18 heavy (non-hydrogen) atoms. The number of carboxylic acid groups (broad SMARTS) is 1. The van der Waals surface area contributed by atoms with Crippen molar-refractivity contribution in [1.82, 2.24) is 0 Å². The third-order valence-corrected chi connectivity index (χ3v) is 3.13. The van der Waals surface area contributed by atoms with Crippen LogP contribution in [-0.2, 0) is 11.2 Å². The van der Waals surface area contributed by atoms with Gasteiger partial charge in [-0.25, -0.2) is 0 Å². The van der Waals surface area contributed by atoms with E-state index in [-0.39, 0.29) is 0 Å². The van der Waals surface area contributed by atoms with Gasteiger partial charge >= 0.3 is 0 Å². The van der Waals surface area contributed by atoms with Crippen molar-refractivity contribution < 1.29 is 9.90 Å². The molecule has 0 radical (unpaired) electrons. The highest BCUT2D eigenvalue weighted by Gasteiger charge is 2.15. The van der Waals surface area contributed by atoms with Gasteiger partial charge in [0.05, 0.1) is 0 Å². The number of carbonyl (C=O) groups excluding carboxylic acids is 1. The quantitative estimate of drug-likeness (QED) is 0.819. The van der Waals surface area contributed by atoms with Gasteiger partial charge in [0.2, 0.25) is 0 Å². The van der Waals surface area contributed by atoms with Crippen molar-refractivity contribution in [3.05, 3.63) is 71.3 Å². The molecule has 0 bridgehead atoms. The summed E-state index contributed by atoms with van der Waals surface area (Å²) >= 11 is 0. The van der Waals surface area contributed by atoms with Crippen LogP contribution in [0.15, 0.2) is 54.6 Å². The molecule has 2 rings (SSSR count). The molecule has 0 heterocycles. The second kappa shape index (κ2) is 5.50. The number of carbonyl (C=O) groups is 1. The van der Waals surface area contributed by atoms with Gasteiger partial charge in [-0.3, -0.25) is 0 Å². The Hall–Kier alpha value is -2.09. The average molecular weight is 239 g/mol. The van der Waals surface area contributed by atoms with Crippen molar-refractivity contribution in [2.75, 3.05) is 0 Å². The van der Waals surface area contributed by atoms with E-state index in [2.05, 4.69) is 0 Å². The maximum atomic E-state index is 11.3. The molecule has 2 heteroatoms. The van der Waals surface area contributed by atoms with Gasteiger partial charge in [-0.05, 0) is 30.0 Å². The summed E-state index contributed by atoms with van der Waals surface area (Å²) < 4.78 is 0. The first-order valence-corrected chi connectivity index (χ1v) is 5.99. The minimum atomic E-state index is -1.02. The number of hydrogen-bond acceptors (Lipinski definition) is 2. The number of benzene rings is 2. The van der Waals surface area contributed by atoms with E-state index >= 15 is 0 Å². The van der Waals surface area contributed by atoms with Crippen molar-refractivity contribution in [3.63, 3.8) is 0 Å². The van der Waals surface area contributed by atoms with Gasteiger partial charge in [-0.1, -0.05) is 54.6 Å². The van der Waals surface area contributed by atoms with Crippen LogP contribution in [0, 0.1) is 6.92 Å². The Labute approximate surface area is 107 Å². The van der Waals surface area contributed by atoms with Crippen LogP contribution in [0.1, 0.15) is 22.6 Å². The Morgan fingerprint density at radius 3 is 2.28 bits per heavy atom. The minimum absolute atomic E-state index is 0.466. The number of aryl methyl sites for hydroxylation is 1. The fourth-order valence-corrected chi connectivity index (χ4v) is 2.15. The van der Waals surface area contributed by atoms with Crippen LogP contribution in [0.5, 0.6) is 0 Å². The van der Waals surface area contributed by atoms with Crippen LogP contribution in [0.3, 0.4) is 0 Å². The molecule has 1 unspecified atom stereocenters. The van der Waals surface area contributed by atoms with Crippen LogP contribution in [0.2, 0.25) is 0 Å². The summed E-state index contributed by atoms with van der Waals surface area (Å²) in [5, 5.41) is 11.3. The van der Waals surface area contributed by atoms with Crippen molar-refractivity contribution >= 4 is 5.97 Å². The van der Waals surface area contributed by atoms with E-state index in [0.717, 1.165) is 16.7 Å². The standard InChI is InChI=1S/C16H16O2/c1-12-7-5-6-10-14(12)15(16(17)18)11-13-8-3-2-4-9-13/h2-10,15H,11H2,1H3,(H,17,18)/p-1. The highest BCUT2D eigenvalue weighted by Crippen LogP contribution is 2.23. The molecular weight excluding hydrogens is 224 g/mol. The second-order valence-electron chi connectivity index (χ2n) is 4.42. The molecule has 0 aliphatic rings. The average Bonchev–Trinajstić information content (AvgIpc) is 2.38. The number of carboxylic acids is 1. The molecule has 1 atom stereocenters. The first-order chi connectivity index (χ1) is 8.68. The highest BCUT2D eigenvalue weighted by atomic mass is 16.4. The molecule has 2 nitrogen and oxygen atoms in total. The molecule has 0 fully saturated rings. The van der Waals surface area contributed by atoms with E-state index in [1.807, 2.05) is 61.5 Å². The third kappa shape index (κ3) is 2.77. The Bertz CT molecular complexity index is 532. The van der Waals surface area contributed by atoms with E-state index < -0.39 is 11.9 Å². The SMILES string of the molecule is Cc1ccccc1C(Cc1ccccc1)C(=O)[O-]. The predicted molar refractivity (Wildman–Crippen MR) is 69.1 cm³/mol. The Morgan fingerprint density at radius 1 is 1.06 bits per heavy atom. The Balaban J connectivity index is 2.30. The molecule has 0 aliphatic heterocycles. The van der Waals surface area contributed by atoms with E-state index in [0.29, 0.717) is 6.42 Å². The largest absolute Gasteiger partial charge is 0.549 e. The first-order valence-electron chi connectivity index (χ1n) is 5.99. The zero-order valence-corrected chi connectivity index (χ0v) is 10.3. The summed E-state index contributed by atoms with van der Waals surface area (Å²) in [6, 6.07) is 17.2. The molecule has 0 N–H and O–H groups in total. The lowest BCUT2D eigenvalue weighted by Gasteiger charge is -2.20. The van der Waals surface area contributed by atoms with Crippen molar-refractivity contribution in [3.8, 4) is 0 Å². The van der Waals surface area contributed by atoms with E-state index in [9.17, 15) is 9.90 Å². The summed E-state index contributed by atoms with van der Waals surface area (Å²) in [5.74, 6) is -1.61. The molecule has 0 saturated carbocycles. The van der Waals surface area contributed by atoms with Crippen LogP contribution >= 0.6 is 0 Å². The topological polar surface area (TPSA) is 40.1 Å². The lowest BCUT2D eigenvalue weighted by molar-refractivity contribution is -0.308. The van der Waals surface area contributed by atoms with Gasteiger partial charge in [-0.15, -0.1) is 0 Å². The zero-order valence-electron chi connectivity index (χ0n) is 10.3. The maximum absolute atomic E-state index is 11.3. The maximum Gasteiger partial charge on any atom is 0.0492 e. The lowest BCUT2D eigenvalue weighted by atomic mass is 9.89. The van der Waals surface area contributed by atoms with E-state index in [1.54, 1.807) is 0 Å². The molecular formula is C16H15O2-. The zero-order chi connectivity index (χ0) is 13.0. The molecule has 0 saturated heterocycles. The van der Waals surface area contributed by atoms with Gasteiger partial charge in [-0.2, -0.15) is 0 Å². The molecule has 2 aromatic carbocycles. The van der Waals surface area contributed by atoms with Gasteiger partial charge < -0.3 is 9.90 Å². The molecule has 2 aromatic rings. The normalized spacial score (nSPS) is 12.1. The van der Waals surface area contributed by atoms with Crippen LogP contribution < -0.4 is 5.11 Å². The van der Waals surface area contributed by atoms with Crippen molar-refractivity contribution in [2.24, 2.45) is 0 Å². The summed E-state index contributed by atoms with van der Waals surface area (Å²) in [7, 11) is 0. The fourth-order valence-electron chi connectivity index (χ4n) is 2.15. The summed E-state index contributed by atoms with van der Waals surface area (Å²) in [6.07, 6.45) is 0.466. The predicted octanol–water partition coefficient (Wildman–Crippen LogP) is 2.07. The van der Waals surface area contributed by atoms with E-state index in [4.69, 9.17) is 0 Å². The molecule has 0 aliphatic carbocycles. The minimum Gasteiger partial charge on any atom is -0.549 e. The van der Waals surface area contributed by atoms with Gasteiger partial charge in [0.1, 0.15) is 0 Å². The third-order valence-electron chi connectivity index (χ3n) is 3.13. The molecule has 92 valence electrons. The lowest BCUT2D eigenvalue weighted by Crippen LogP contribution is -2.31. The smallest absolute Gasteiger partial charge is 0.0492 e. The van der Waals surface area contributed by atoms with Crippen LogP contribution in [0.25, 0.3) is 0 Å².